The molecule has 0 aromatic rings. The number of carbonyl (C=O) groups is 1. The molecule has 1 fully saturated rings. The molecule has 1 saturated carbocycles. The lowest BCUT2D eigenvalue weighted by molar-refractivity contribution is -0.192. The third-order valence-corrected chi connectivity index (χ3v) is 4.01. The van der Waals surface area contributed by atoms with Crippen molar-refractivity contribution in [3.8, 4) is 0 Å². The van der Waals surface area contributed by atoms with Gasteiger partial charge in [-0.3, -0.25) is 4.79 Å². The molecule has 0 radical (unpaired) electrons. The molecule has 0 atom stereocenters. The summed E-state index contributed by atoms with van der Waals surface area (Å²) >= 11 is 0. The van der Waals surface area contributed by atoms with Crippen LogP contribution in [0.3, 0.4) is 0 Å². The Bertz CT molecular complexity index is 313. The molecule has 0 aromatic heterocycles. The van der Waals surface area contributed by atoms with E-state index >= 15 is 0 Å². The van der Waals surface area contributed by atoms with Crippen LogP contribution >= 0.6 is 0 Å². The molecule has 0 aliphatic heterocycles. The average molecular weight is 280 g/mol. The van der Waals surface area contributed by atoms with Crippen molar-refractivity contribution in [2.75, 3.05) is 0 Å². The summed E-state index contributed by atoms with van der Waals surface area (Å²) in [6, 6.07) is 0. The van der Waals surface area contributed by atoms with E-state index in [1.54, 1.807) is 27.7 Å². The molecule has 0 amide bonds. The third kappa shape index (κ3) is 4.39. The fourth-order valence-electron chi connectivity index (χ4n) is 2.58. The van der Waals surface area contributed by atoms with Crippen LogP contribution in [0.2, 0.25) is 0 Å². The highest BCUT2D eigenvalue weighted by Gasteiger charge is 2.45. The van der Waals surface area contributed by atoms with Crippen LogP contribution < -0.4 is 0 Å². The van der Waals surface area contributed by atoms with Gasteiger partial charge in [0.1, 0.15) is 5.60 Å². The normalized spacial score (nSPS) is 25.5. The Morgan fingerprint density at radius 2 is 1.47 bits per heavy atom. The summed E-state index contributed by atoms with van der Waals surface area (Å²) in [7, 11) is 0. The van der Waals surface area contributed by atoms with Crippen molar-refractivity contribution in [2.24, 2.45) is 17.8 Å². The Hall–Kier alpha value is -0.740. The van der Waals surface area contributed by atoms with E-state index in [0.717, 1.165) is 0 Å². The van der Waals surface area contributed by atoms with Crippen molar-refractivity contribution >= 4 is 5.97 Å². The number of carbonyl (C=O) groups excluding carboxylic acids is 1. The van der Waals surface area contributed by atoms with E-state index in [9.17, 15) is 18.0 Å². The lowest BCUT2D eigenvalue weighted by atomic mass is 9.74. The van der Waals surface area contributed by atoms with Crippen LogP contribution in [0.4, 0.5) is 13.2 Å². The van der Waals surface area contributed by atoms with Gasteiger partial charge in [0.15, 0.2) is 0 Å². The van der Waals surface area contributed by atoms with E-state index in [2.05, 4.69) is 0 Å². The van der Waals surface area contributed by atoms with Crippen molar-refractivity contribution in [3.63, 3.8) is 0 Å². The Morgan fingerprint density at radius 1 is 1.05 bits per heavy atom. The number of esters is 1. The second-order valence-electron chi connectivity index (χ2n) is 6.27. The van der Waals surface area contributed by atoms with Crippen LogP contribution in [0, 0.1) is 17.8 Å². The first-order valence-electron chi connectivity index (χ1n) is 6.83. The van der Waals surface area contributed by atoms with Crippen LogP contribution in [0.1, 0.15) is 53.4 Å². The summed E-state index contributed by atoms with van der Waals surface area (Å²) in [6.45, 7) is 7.09. The van der Waals surface area contributed by atoms with E-state index in [4.69, 9.17) is 4.74 Å². The predicted molar refractivity (Wildman–Crippen MR) is 66.5 cm³/mol. The maximum Gasteiger partial charge on any atom is 0.391 e. The molecule has 0 aromatic carbocycles. The van der Waals surface area contributed by atoms with Crippen molar-refractivity contribution in [3.05, 3.63) is 0 Å². The van der Waals surface area contributed by atoms with Gasteiger partial charge in [-0.05, 0) is 45.4 Å². The standard InChI is InChI=1S/C14H23F3O2/c1-9(2)12(18)19-13(3,4)10-5-7-11(8-6-10)14(15,16)17/h9-11H,5-8H2,1-4H3. The zero-order valence-electron chi connectivity index (χ0n) is 12.0. The highest BCUT2D eigenvalue weighted by atomic mass is 19.4. The highest BCUT2D eigenvalue weighted by molar-refractivity contribution is 5.72. The average Bonchev–Trinajstić information content (AvgIpc) is 2.27. The highest BCUT2D eigenvalue weighted by Crippen LogP contribution is 2.43. The van der Waals surface area contributed by atoms with Gasteiger partial charge in [0.2, 0.25) is 0 Å². The fraction of sp³-hybridized carbons (Fsp3) is 0.929. The van der Waals surface area contributed by atoms with Crippen LogP contribution in [-0.2, 0) is 9.53 Å². The van der Waals surface area contributed by atoms with Crippen molar-refractivity contribution in [1.82, 2.24) is 0 Å². The minimum atomic E-state index is -4.09. The predicted octanol–water partition coefficient (Wildman–Crippen LogP) is 4.33. The van der Waals surface area contributed by atoms with Crippen molar-refractivity contribution in [1.29, 1.82) is 0 Å². The maximum atomic E-state index is 12.6. The first-order chi connectivity index (χ1) is 8.54. The summed E-state index contributed by atoms with van der Waals surface area (Å²) in [5, 5.41) is 0. The largest absolute Gasteiger partial charge is 0.459 e. The van der Waals surface area contributed by atoms with Gasteiger partial charge in [0, 0.05) is 0 Å². The summed E-state index contributed by atoms with van der Waals surface area (Å²) in [4.78, 5) is 11.6. The first-order valence-corrected chi connectivity index (χ1v) is 6.83. The zero-order valence-corrected chi connectivity index (χ0v) is 12.0. The molecule has 5 heteroatoms. The Balaban J connectivity index is 2.56. The van der Waals surface area contributed by atoms with Gasteiger partial charge in [0.25, 0.3) is 0 Å². The van der Waals surface area contributed by atoms with Gasteiger partial charge in [-0.15, -0.1) is 0 Å². The van der Waals surface area contributed by atoms with E-state index in [-0.39, 0.29) is 30.6 Å². The van der Waals surface area contributed by atoms with E-state index in [0.29, 0.717) is 12.8 Å². The molecule has 2 nitrogen and oxygen atoms in total. The first kappa shape index (κ1) is 16.3. The Morgan fingerprint density at radius 3 is 1.84 bits per heavy atom. The van der Waals surface area contributed by atoms with Crippen LogP contribution in [0.5, 0.6) is 0 Å². The lowest BCUT2D eigenvalue weighted by Gasteiger charge is -2.39. The van der Waals surface area contributed by atoms with Crippen LogP contribution in [-0.4, -0.2) is 17.7 Å². The van der Waals surface area contributed by atoms with Crippen LogP contribution in [0.15, 0.2) is 0 Å². The molecule has 0 heterocycles. The molecular formula is C14H23F3O2. The molecule has 0 N–H and O–H groups in total. The minimum absolute atomic E-state index is 0.00815. The van der Waals surface area contributed by atoms with Gasteiger partial charge in [-0.1, -0.05) is 13.8 Å². The second kappa shape index (κ2) is 5.71. The number of hydrogen-bond donors (Lipinski definition) is 0. The lowest BCUT2D eigenvalue weighted by Crippen LogP contribution is -2.41. The number of hydrogen-bond acceptors (Lipinski definition) is 2. The van der Waals surface area contributed by atoms with Gasteiger partial charge < -0.3 is 4.74 Å². The SMILES string of the molecule is CC(C)C(=O)OC(C)(C)C1CCC(C(F)(F)F)CC1. The number of halogens is 3. The molecule has 0 saturated heterocycles. The topological polar surface area (TPSA) is 26.3 Å². The van der Waals surface area contributed by atoms with E-state index < -0.39 is 17.7 Å². The fourth-order valence-corrected chi connectivity index (χ4v) is 2.58. The quantitative estimate of drug-likeness (QED) is 0.719. The van der Waals surface area contributed by atoms with Crippen LogP contribution in [0.25, 0.3) is 0 Å². The Labute approximate surface area is 112 Å². The Kier molecular flexibility index (Phi) is 4.91. The zero-order chi connectivity index (χ0) is 14.8. The summed E-state index contributed by atoms with van der Waals surface area (Å²) in [5.41, 5.74) is -0.683. The maximum absolute atomic E-state index is 12.6. The molecular weight excluding hydrogens is 257 g/mol. The molecule has 0 unspecified atom stereocenters. The van der Waals surface area contributed by atoms with Gasteiger partial charge in [-0.2, -0.15) is 13.2 Å². The monoisotopic (exact) mass is 280 g/mol. The molecule has 0 spiro atoms. The molecule has 1 aliphatic rings. The summed E-state index contributed by atoms with van der Waals surface area (Å²) in [6.07, 6.45) is -2.90. The molecule has 1 aliphatic carbocycles. The molecule has 0 bridgehead atoms. The van der Waals surface area contributed by atoms with Crippen molar-refractivity contribution in [2.45, 2.75) is 65.2 Å². The van der Waals surface area contributed by atoms with E-state index in [1.165, 1.54) is 0 Å². The molecule has 19 heavy (non-hydrogen) atoms. The van der Waals surface area contributed by atoms with Gasteiger partial charge >= 0.3 is 12.1 Å². The summed E-state index contributed by atoms with van der Waals surface area (Å²) in [5.74, 6) is -1.69. The van der Waals surface area contributed by atoms with Gasteiger partial charge in [-0.25, -0.2) is 0 Å². The third-order valence-electron chi connectivity index (χ3n) is 4.01. The molecule has 1 rings (SSSR count). The number of alkyl halides is 3. The minimum Gasteiger partial charge on any atom is -0.459 e. The molecule has 112 valence electrons. The number of ether oxygens (including phenoxy) is 1. The van der Waals surface area contributed by atoms with Crippen molar-refractivity contribution < 1.29 is 22.7 Å². The summed E-state index contributed by atoms with van der Waals surface area (Å²) < 4.78 is 43.2. The smallest absolute Gasteiger partial charge is 0.391 e. The van der Waals surface area contributed by atoms with Gasteiger partial charge in [0.05, 0.1) is 11.8 Å². The second-order valence-corrected chi connectivity index (χ2v) is 6.27. The van der Waals surface area contributed by atoms with E-state index in [1.807, 2.05) is 0 Å². The number of rotatable bonds is 3.